The Labute approximate surface area is 142 Å². The summed E-state index contributed by atoms with van der Waals surface area (Å²) in [5, 5.41) is 8.38. The minimum absolute atomic E-state index is 0.0306. The van der Waals surface area contributed by atoms with Gasteiger partial charge in [-0.15, -0.1) is 10.2 Å². The molecule has 4 bridgehead atoms. The number of rotatable bonds is 4. The van der Waals surface area contributed by atoms with Gasteiger partial charge in [0.25, 0.3) is 5.56 Å². The Morgan fingerprint density at radius 1 is 1.08 bits per heavy atom. The lowest BCUT2D eigenvalue weighted by Crippen LogP contribution is -2.48. The zero-order valence-electron chi connectivity index (χ0n) is 14.4. The highest BCUT2D eigenvalue weighted by atomic mass is 16.1. The average Bonchev–Trinajstić information content (AvgIpc) is 2.93. The monoisotopic (exact) mass is 326 g/mol. The quantitative estimate of drug-likeness (QED) is 0.867. The van der Waals surface area contributed by atoms with Gasteiger partial charge < -0.3 is 4.57 Å². The second kappa shape index (κ2) is 5.17. The molecule has 0 atom stereocenters. The molecule has 4 aliphatic carbocycles. The zero-order chi connectivity index (χ0) is 16.3. The highest BCUT2D eigenvalue weighted by Gasteiger charge is 2.50. The first kappa shape index (κ1) is 14.7. The summed E-state index contributed by atoms with van der Waals surface area (Å²) in [7, 11) is 0. The molecule has 0 aromatic carbocycles. The van der Waals surface area contributed by atoms with Crippen LogP contribution in [0.25, 0.3) is 5.65 Å². The van der Waals surface area contributed by atoms with Crippen LogP contribution in [0.1, 0.15) is 57.7 Å². The van der Waals surface area contributed by atoms with Gasteiger partial charge in [0, 0.05) is 25.4 Å². The molecule has 6 rings (SSSR count). The first-order valence-electron chi connectivity index (χ1n) is 9.59. The molecule has 0 amide bonds. The second-order valence-electron chi connectivity index (χ2n) is 8.71. The first-order chi connectivity index (χ1) is 11.7. The molecule has 2 aromatic rings. The van der Waals surface area contributed by atoms with Crippen LogP contribution in [-0.2, 0) is 13.0 Å². The fraction of sp³-hybridized carbons (Fsp3) is 0.737. The molecular formula is C19H26N4O. The molecule has 0 unspecified atom stereocenters. The number of hydrogen-bond donors (Lipinski definition) is 0. The lowest BCUT2D eigenvalue weighted by molar-refractivity contribution is -0.0623. The summed E-state index contributed by atoms with van der Waals surface area (Å²) in [5.41, 5.74) is 0.886. The van der Waals surface area contributed by atoms with Gasteiger partial charge in [0.05, 0.1) is 0 Å². The van der Waals surface area contributed by atoms with Gasteiger partial charge in [-0.05, 0) is 68.1 Å². The van der Waals surface area contributed by atoms with Crippen LogP contribution in [0.3, 0.4) is 0 Å². The maximum atomic E-state index is 12.9. The first-order valence-corrected chi connectivity index (χ1v) is 9.59. The van der Waals surface area contributed by atoms with Crippen molar-refractivity contribution in [1.82, 2.24) is 19.2 Å². The summed E-state index contributed by atoms with van der Waals surface area (Å²) < 4.78 is 3.80. The van der Waals surface area contributed by atoms with Crippen LogP contribution in [0, 0.1) is 23.2 Å². The normalized spacial score (nSPS) is 34.3. The van der Waals surface area contributed by atoms with Gasteiger partial charge in [0.1, 0.15) is 5.82 Å². The topological polar surface area (TPSA) is 52.2 Å². The van der Waals surface area contributed by atoms with E-state index in [1.807, 2.05) is 21.4 Å². The third kappa shape index (κ3) is 2.16. The number of fused-ring (bicyclic) bond motifs is 1. The standard InChI is InChI=1S/C19H26N4O/c1-2-3-16-20-21-17-18(24)22(4-5-23(16)17)12-19-9-13-6-14(10-19)8-15(7-13)11-19/h4-5,13-15H,2-3,6-12H2,1H3. The molecular weight excluding hydrogens is 300 g/mol. The highest BCUT2D eigenvalue weighted by Crippen LogP contribution is 2.60. The molecule has 0 aliphatic heterocycles. The van der Waals surface area contributed by atoms with Crippen molar-refractivity contribution in [3.63, 3.8) is 0 Å². The number of nitrogens with zero attached hydrogens (tertiary/aromatic N) is 4. The molecule has 0 spiro atoms. The van der Waals surface area contributed by atoms with Crippen molar-refractivity contribution in [3.8, 4) is 0 Å². The van der Waals surface area contributed by atoms with Crippen LogP contribution in [0.4, 0.5) is 0 Å². The van der Waals surface area contributed by atoms with E-state index in [9.17, 15) is 4.79 Å². The fourth-order valence-electron chi connectivity index (χ4n) is 6.33. The van der Waals surface area contributed by atoms with E-state index in [1.165, 1.54) is 38.5 Å². The molecule has 0 N–H and O–H groups in total. The third-order valence-corrected chi connectivity index (χ3v) is 6.76. The zero-order valence-corrected chi connectivity index (χ0v) is 14.4. The Morgan fingerprint density at radius 2 is 1.75 bits per heavy atom. The maximum Gasteiger partial charge on any atom is 0.296 e. The molecule has 0 radical (unpaired) electrons. The highest BCUT2D eigenvalue weighted by molar-refractivity contribution is 5.34. The second-order valence-corrected chi connectivity index (χ2v) is 8.71. The van der Waals surface area contributed by atoms with E-state index in [-0.39, 0.29) is 5.56 Å². The Balaban J connectivity index is 1.49. The van der Waals surface area contributed by atoms with Crippen LogP contribution in [0.15, 0.2) is 17.2 Å². The van der Waals surface area contributed by atoms with E-state index in [0.29, 0.717) is 11.1 Å². The molecule has 2 aromatic heterocycles. The summed E-state index contributed by atoms with van der Waals surface area (Å²) in [4.78, 5) is 12.9. The molecule has 4 fully saturated rings. The molecule has 4 aliphatic rings. The Bertz CT molecular complexity index is 798. The Morgan fingerprint density at radius 3 is 2.38 bits per heavy atom. The fourth-order valence-corrected chi connectivity index (χ4v) is 6.33. The summed E-state index contributed by atoms with van der Waals surface area (Å²) in [5.74, 6) is 3.64. The van der Waals surface area contributed by atoms with Crippen molar-refractivity contribution in [2.45, 2.75) is 64.8 Å². The summed E-state index contributed by atoms with van der Waals surface area (Å²) in [6.07, 6.45) is 14.1. The van der Waals surface area contributed by atoms with Crippen LogP contribution >= 0.6 is 0 Å². The van der Waals surface area contributed by atoms with Gasteiger partial charge in [-0.25, -0.2) is 0 Å². The minimum Gasteiger partial charge on any atom is -0.310 e. The predicted molar refractivity (Wildman–Crippen MR) is 91.8 cm³/mol. The van der Waals surface area contributed by atoms with E-state index in [1.54, 1.807) is 0 Å². The molecule has 5 heteroatoms. The Kier molecular flexibility index (Phi) is 3.16. The van der Waals surface area contributed by atoms with Crippen molar-refractivity contribution in [3.05, 3.63) is 28.6 Å². The van der Waals surface area contributed by atoms with E-state index in [4.69, 9.17) is 0 Å². The average molecular weight is 326 g/mol. The number of aromatic nitrogens is 4. The molecule has 0 saturated heterocycles. The minimum atomic E-state index is 0.0306. The van der Waals surface area contributed by atoms with E-state index < -0.39 is 0 Å². The van der Waals surface area contributed by atoms with Crippen molar-refractivity contribution < 1.29 is 0 Å². The summed E-state index contributed by atoms with van der Waals surface area (Å²) >= 11 is 0. The van der Waals surface area contributed by atoms with Crippen LogP contribution in [0.5, 0.6) is 0 Å². The maximum absolute atomic E-state index is 12.9. The lowest BCUT2D eigenvalue weighted by Gasteiger charge is -2.57. The van der Waals surface area contributed by atoms with Crippen LogP contribution < -0.4 is 5.56 Å². The van der Waals surface area contributed by atoms with Crippen molar-refractivity contribution >= 4 is 5.65 Å². The van der Waals surface area contributed by atoms with Crippen molar-refractivity contribution in [1.29, 1.82) is 0 Å². The van der Waals surface area contributed by atoms with Gasteiger partial charge in [0.15, 0.2) is 0 Å². The van der Waals surface area contributed by atoms with Crippen molar-refractivity contribution in [2.75, 3.05) is 0 Å². The molecule has 24 heavy (non-hydrogen) atoms. The SMILES string of the molecule is CCCc1nnc2c(=O)n(CC34CC5CC(CC(C5)C3)C4)ccn12. The summed E-state index contributed by atoms with van der Waals surface area (Å²) in [6, 6.07) is 0. The third-order valence-electron chi connectivity index (χ3n) is 6.76. The molecule has 128 valence electrons. The molecule has 5 nitrogen and oxygen atoms in total. The Hall–Kier alpha value is -1.65. The van der Waals surface area contributed by atoms with Gasteiger partial charge in [-0.3, -0.25) is 9.20 Å². The van der Waals surface area contributed by atoms with Gasteiger partial charge in [-0.2, -0.15) is 0 Å². The number of aryl methyl sites for hydroxylation is 1. The smallest absolute Gasteiger partial charge is 0.296 e. The van der Waals surface area contributed by atoms with E-state index >= 15 is 0 Å². The van der Waals surface area contributed by atoms with Gasteiger partial charge in [0.2, 0.25) is 5.65 Å². The molecule has 2 heterocycles. The molecule has 4 saturated carbocycles. The lowest BCUT2D eigenvalue weighted by atomic mass is 9.49. The van der Waals surface area contributed by atoms with Gasteiger partial charge >= 0.3 is 0 Å². The number of hydrogen-bond acceptors (Lipinski definition) is 3. The van der Waals surface area contributed by atoms with E-state index in [0.717, 1.165) is 43.0 Å². The van der Waals surface area contributed by atoms with Crippen LogP contribution in [-0.4, -0.2) is 19.2 Å². The largest absolute Gasteiger partial charge is 0.310 e. The van der Waals surface area contributed by atoms with Gasteiger partial charge in [-0.1, -0.05) is 6.92 Å². The van der Waals surface area contributed by atoms with E-state index in [2.05, 4.69) is 17.1 Å². The van der Waals surface area contributed by atoms with Crippen molar-refractivity contribution in [2.24, 2.45) is 23.2 Å². The van der Waals surface area contributed by atoms with Crippen LogP contribution in [0.2, 0.25) is 0 Å². The predicted octanol–water partition coefficient (Wildman–Crippen LogP) is 3.06. The summed E-state index contributed by atoms with van der Waals surface area (Å²) in [6.45, 7) is 3.00.